The van der Waals surface area contributed by atoms with E-state index in [0.717, 1.165) is 36.8 Å². The summed E-state index contributed by atoms with van der Waals surface area (Å²) in [6.45, 7) is 3.02. The molecular formula is C16H21N5. The second kappa shape index (κ2) is 5.68. The van der Waals surface area contributed by atoms with E-state index >= 15 is 0 Å². The smallest absolute Gasteiger partial charge is 0.228 e. The topological polar surface area (TPSA) is 45.2 Å². The van der Waals surface area contributed by atoms with Crippen molar-refractivity contribution in [1.82, 2.24) is 15.0 Å². The van der Waals surface area contributed by atoms with Crippen LogP contribution < -0.4 is 9.80 Å². The predicted molar refractivity (Wildman–Crippen MR) is 84.7 cm³/mol. The number of aromatic nitrogens is 3. The number of hydrogen-bond acceptors (Lipinski definition) is 5. The first-order valence-electron chi connectivity index (χ1n) is 7.35. The van der Waals surface area contributed by atoms with E-state index in [1.807, 2.05) is 50.4 Å². The van der Waals surface area contributed by atoms with E-state index < -0.39 is 0 Å². The molecule has 5 heteroatoms. The van der Waals surface area contributed by atoms with Crippen molar-refractivity contribution in [3.8, 4) is 0 Å². The maximum Gasteiger partial charge on any atom is 0.228 e. The molecule has 21 heavy (non-hydrogen) atoms. The Kier molecular flexibility index (Phi) is 3.73. The van der Waals surface area contributed by atoms with E-state index in [-0.39, 0.29) is 0 Å². The Morgan fingerprint density at radius 1 is 1.29 bits per heavy atom. The van der Waals surface area contributed by atoms with Gasteiger partial charge in [-0.05, 0) is 31.4 Å². The molecule has 1 atom stereocenters. The molecule has 2 aromatic heterocycles. The molecule has 3 rings (SSSR count). The zero-order chi connectivity index (χ0) is 14.8. The molecule has 2 aromatic rings. The van der Waals surface area contributed by atoms with Gasteiger partial charge in [0.25, 0.3) is 0 Å². The molecule has 0 amide bonds. The normalized spacial score (nSPS) is 18.0. The molecule has 0 spiro atoms. The quantitative estimate of drug-likeness (QED) is 0.866. The second-order valence-electron chi connectivity index (χ2n) is 5.70. The lowest BCUT2D eigenvalue weighted by molar-refractivity contribution is 0.696. The highest BCUT2D eigenvalue weighted by Gasteiger charge is 2.28. The van der Waals surface area contributed by atoms with Crippen LogP contribution in [0.25, 0.3) is 0 Å². The Balaban J connectivity index is 1.95. The lowest BCUT2D eigenvalue weighted by Gasteiger charge is -2.26. The molecule has 3 heterocycles. The third kappa shape index (κ3) is 2.82. The van der Waals surface area contributed by atoms with Crippen LogP contribution in [0.15, 0.2) is 30.6 Å². The van der Waals surface area contributed by atoms with Crippen molar-refractivity contribution in [3.63, 3.8) is 0 Å². The number of nitrogens with zero attached hydrogens (tertiary/aromatic N) is 5. The fourth-order valence-electron chi connectivity index (χ4n) is 2.82. The van der Waals surface area contributed by atoms with Crippen molar-refractivity contribution in [2.45, 2.75) is 25.8 Å². The number of pyridine rings is 1. The molecule has 0 bridgehead atoms. The Morgan fingerprint density at radius 3 is 2.86 bits per heavy atom. The zero-order valence-corrected chi connectivity index (χ0v) is 12.8. The van der Waals surface area contributed by atoms with Crippen LogP contribution in [0.3, 0.4) is 0 Å². The number of hydrogen-bond donors (Lipinski definition) is 0. The van der Waals surface area contributed by atoms with Crippen LogP contribution in [0.5, 0.6) is 0 Å². The van der Waals surface area contributed by atoms with Crippen LogP contribution in [-0.4, -0.2) is 35.6 Å². The van der Waals surface area contributed by atoms with Gasteiger partial charge >= 0.3 is 0 Å². The average molecular weight is 283 g/mol. The summed E-state index contributed by atoms with van der Waals surface area (Å²) in [6.07, 6.45) is 6.05. The highest BCUT2D eigenvalue weighted by atomic mass is 15.3. The standard InChI is InChI=1S/C16H21N5/c1-12-10-15(20(2)3)19-16(18-12)21-9-5-7-14(21)13-6-4-8-17-11-13/h4,6,8,10-11,14H,5,7,9H2,1-3H3/t14-/m0/s1. The minimum atomic E-state index is 0.329. The van der Waals surface area contributed by atoms with Crippen LogP contribution in [0, 0.1) is 6.92 Å². The van der Waals surface area contributed by atoms with Crippen LogP contribution in [0.4, 0.5) is 11.8 Å². The van der Waals surface area contributed by atoms with Gasteiger partial charge in [0.2, 0.25) is 5.95 Å². The van der Waals surface area contributed by atoms with E-state index in [1.54, 1.807) is 0 Å². The SMILES string of the molecule is Cc1cc(N(C)C)nc(N2CCC[C@H]2c2cccnc2)n1. The number of anilines is 2. The van der Waals surface area contributed by atoms with Gasteiger partial charge in [-0.1, -0.05) is 6.07 Å². The molecule has 0 saturated carbocycles. The fourth-order valence-corrected chi connectivity index (χ4v) is 2.82. The van der Waals surface area contributed by atoms with Crippen LogP contribution in [0.1, 0.15) is 30.1 Å². The van der Waals surface area contributed by atoms with E-state index in [9.17, 15) is 0 Å². The summed E-state index contributed by atoms with van der Waals surface area (Å²) in [7, 11) is 4.02. The third-order valence-corrected chi connectivity index (χ3v) is 3.87. The molecule has 0 N–H and O–H groups in total. The van der Waals surface area contributed by atoms with Gasteiger partial charge in [0, 0.05) is 44.8 Å². The van der Waals surface area contributed by atoms with Crippen LogP contribution in [-0.2, 0) is 0 Å². The molecule has 0 aliphatic carbocycles. The Morgan fingerprint density at radius 2 is 2.14 bits per heavy atom. The van der Waals surface area contributed by atoms with Gasteiger partial charge in [-0.15, -0.1) is 0 Å². The summed E-state index contributed by atoms with van der Waals surface area (Å²) in [5, 5.41) is 0. The first-order chi connectivity index (χ1) is 10.1. The van der Waals surface area contributed by atoms with E-state index in [0.29, 0.717) is 6.04 Å². The largest absolute Gasteiger partial charge is 0.363 e. The molecule has 0 unspecified atom stereocenters. The molecular weight excluding hydrogens is 262 g/mol. The summed E-state index contributed by atoms with van der Waals surface area (Å²) in [5.41, 5.74) is 2.24. The molecule has 5 nitrogen and oxygen atoms in total. The van der Waals surface area contributed by atoms with Gasteiger partial charge in [-0.2, -0.15) is 4.98 Å². The maximum atomic E-state index is 4.71. The lowest BCUT2D eigenvalue weighted by atomic mass is 10.1. The lowest BCUT2D eigenvalue weighted by Crippen LogP contribution is -2.26. The highest BCUT2D eigenvalue weighted by molar-refractivity contribution is 5.47. The molecule has 0 aromatic carbocycles. The van der Waals surface area contributed by atoms with Crippen molar-refractivity contribution in [1.29, 1.82) is 0 Å². The zero-order valence-electron chi connectivity index (χ0n) is 12.8. The first-order valence-corrected chi connectivity index (χ1v) is 7.35. The Labute approximate surface area is 125 Å². The molecule has 0 radical (unpaired) electrons. The average Bonchev–Trinajstić information content (AvgIpc) is 2.97. The fraction of sp³-hybridized carbons (Fsp3) is 0.438. The first kappa shape index (κ1) is 13.8. The summed E-state index contributed by atoms with van der Waals surface area (Å²) in [5.74, 6) is 1.78. The highest BCUT2D eigenvalue weighted by Crippen LogP contribution is 2.34. The van der Waals surface area contributed by atoms with E-state index in [1.165, 1.54) is 5.56 Å². The monoisotopic (exact) mass is 283 g/mol. The van der Waals surface area contributed by atoms with Gasteiger partial charge in [0.15, 0.2) is 0 Å². The summed E-state index contributed by atoms with van der Waals surface area (Å²) >= 11 is 0. The van der Waals surface area contributed by atoms with Crippen LogP contribution in [0.2, 0.25) is 0 Å². The van der Waals surface area contributed by atoms with Crippen LogP contribution >= 0.6 is 0 Å². The summed E-state index contributed by atoms with van der Waals surface area (Å²) < 4.78 is 0. The van der Waals surface area contributed by atoms with Crippen molar-refractivity contribution < 1.29 is 0 Å². The molecule has 1 aliphatic rings. The van der Waals surface area contributed by atoms with Crippen molar-refractivity contribution in [2.75, 3.05) is 30.4 Å². The maximum absolute atomic E-state index is 4.71. The molecule has 110 valence electrons. The summed E-state index contributed by atoms with van der Waals surface area (Å²) in [6, 6.07) is 6.47. The minimum absolute atomic E-state index is 0.329. The number of rotatable bonds is 3. The minimum Gasteiger partial charge on any atom is -0.363 e. The van der Waals surface area contributed by atoms with Gasteiger partial charge in [-0.3, -0.25) is 4.98 Å². The third-order valence-electron chi connectivity index (χ3n) is 3.87. The van der Waals surface area contributed by atoms with Gasteiger partial charge in [0.1, 0.15) is 5.82 Å². The number of aryl methyl sites for hydroxylation is 1. The van der Waals surface area contributed by atoms with Gasteiger partial charge in [0.05, 0.1) is 6.04 Å². The van der Waals surface area contributed by atoms with Crippen molar-refractivity contribution >= 4 is 11.8 Å². The van der Waals surface area contributed by atoms with Gasteiger partial charge in [-0.25, -0.2) is 4.98 Å². The van der Waals surface area contributed by atoms with Crippen molar-refractivity contribution in [2.24, 2.45) is 0 Å². The molecule has 1 saturated heterocycles. The molecule has 1 fully saturated rings. The van der Waals surface area contributed by atoms with E-state index in [4.69, 9.17) is 4.98 Å². The van der Waals surface area contributed by atoms with E-state index in [2.05, 4.69) is 20.9 Å². The second-order valence-corrected chi connectivity index (χ2v) is 5.70. The van der Waals surface area contributed by atoms with Crippen molar-refractivity contribution in [3.05, 3.63) is 41.9 Å². The predicted octanol–water partition coefficient (Wildman–Crippen LogP) is 2.59. The summed E-state index contributed by atoms with van der Waals surface area (Å²) in [4.78, 5) is 17.9. The Bertz CT molecular complexity index is 611. The molecule has 1 aliphatic heterocycles. The Hall–Kier alpha value is -2.17. The van der Waals surface area contributed by atoms with Gasteiger partial charge < -0.3 is 9.80 Å².